The second-order valence-corrected chi connectivity index (χ2v) is 4.60. The molecule has 0 aliphatic carbocycles. The van der Waals surface area contributed by atoms with E-state index in [0.717, 1.165) is 0 Å². The number of rotatable bonds is 3. The second-order valence-electron chi connectivity index (χ2n) is 4.60. The van der Waals surface area contributed by atoms with Crippen molar-refractivity contribution >= 4 is 11.8 Å². The van der Waals surface area contributed by atoms with Crippen LogP contribution in [-0.2, 0) is 9.59 Å². The Bertz CT molecular complexity index is 233. The molecule has 0 bridgehead atoms. The minimum Gasteiger partial charge on any atom is -0.330 e. The SMILES string of the molecule is CC(C)(CN)CN1C(=O)CCCC1=O. The van der Waals surface area contributed by atoms with Crippen molar-refractivity contribution in [2.45, 2.75) is 33.1 Å². The Hall–Kier alpha value is -0.900. The van der Waals surface area contributed by atoms with Gasteiger partial charge in [-0.05, 0) is 18.4 Å². The summed E-state index contributed by atoms with van der Waals surface area (Å²) in [5.74, 6) is -0.106. The molecule has 0 unspecified atom stereocenters. The Balaban J connectivity index is 2.65. The largest absolute Gasteiger partial charge is 0.330 e. The molecule has 14 heavy (non-hydrogen) atoms. The first-order valence-corrected chi connectivity index (χ1v) is 4.99. The Morgan fingerprint density at radius 3 is 2.21 bits per heavy atom. The predicted octanol–water partition coefficient (Wildman–Crippen LogP) is 0.510. The fourth-order valence-corrected chi connectivity index (χ4v) is 1.47. The normalized spacial score (nSPS) is 18.9. The maximum absolute atomic E-state index is 11.5. The Morgan fingerprint density at radius 2 is 1.79 bits per heavy atom. The van der Waals surface area contributed by atoms with E-state index < -0.39 is 0 Å². The van der Waals surface area contributed by atoms with Crippen LogP contribution in [0.25, 0.3) is 0 Å². The maximum Gasteiger partial charge on any atom is 0.229 e. The third kappa shape index (κ3) is 2.54. The number of hydrogen-bond donors (Lipinski definition) is 1. The summed E-state index contributed by atoms with van der Waals surface area (Å²) in [5.41, 5.74) is 5.39. The van der Waals surface area contributed by atoms with E-state index in [0.29, 0.717) is 32.4 Å². The molecule has 1 aliphatic rings. The second kappa shape index (κ2) is 4.09. The fourth-order valence-electron chi connectivity index (χ4n) is 1.47. The lowest BCUT2D eigenvalue weighted by Crippen LogP contribution is -2.47. The van der Waals surface area contributed by atoms with Gasteiger partial charge in [-0.15, -0.1) is 0 Å². The van der Waals surface area contributed by atoms with E-state index in [2.05, 4.69) is 0 Å². The van der Waals surface area contributed by atoms with Crippen LogP contribution >= 0.6 is 0 Å². The van der Waals surface area contributed by atoms with Crippen molar-refractivity contribution in [1.82, 2.24) is 4.90 Å². The van der Waals surface area contributed by atoms with Gasteiger partial charge in [0.25, 0.3) is 0 Å². The highest BCUT2D eigenvalue weighted by molar-refractivity contribution is 5.97. The first-order valence-electron chi connectivity index (χ1n) is 4.99. The number of amides is 2. The number of nitrogens with two attached hydrogens (primary N) is 1. The molecular weight excluding hydrogens is 180 g/mol. The third-order valence-corrected chi connectivity index (χ3v) is 2.52. The molecule has 1 aliphatic heterocycles. The highest BCUT2D eigenvalue weighted by Gasteiger charge is 2.30. The molecule has 80 valence electrons. The minimum atomic E-state index is -0.178. The Morgan fingerprint density at radius 1 is 1.29 bits per heavy atom. The summed E-state index contributed by atoms with van der Waals surface area (Å²) in [6.07, 6.45) is 1.68. The van der Waals surface area contributed by atoms with Crippen LogP contribution in [0.2, 0.25) is 0 Å². The smallest absolute Gasteiger partial charge is 0.229 e. The molecule has 2 N–H and O–H groups in total. The Kier molecular flexibility index (Phi) is 3.26. The summed E-state index contributed by atoms with van der Waals surface area (Å²) in [4.78, 5) is 24.3. The van der Waals surface area contributed by atoms with Gasteiger partial charge in [-0.1, -0.05) is 13.8 Å². The van der Waals surface area contributed by atoms with Crippen molar-refractivity contribution < 1.29 is 9.59 Å². The van der Waals surface area contributed by atoms with Crippen molar-refractivity contribution in [1.29, 1.82) is 0 Å². The molecule has 2 amide bonds. The zero-order valence-corrected chi connectivity index (χ0v) is 8.88. The molecule has 4 nitrogen and oxygen atoms in total. The summed E-state index contributed by atoms with van der Waals surface area (Å²) in [6.45, 7) is 4.84. The molecule has 1 heterocycles. The molecule has 0 aromatic heterocycles. The van der Waals surface area contributed by atoms with E-state index in [4.69, 9.17) is 5.73 Å². The van der Waals surface area contributed by atoms with Gasteiger partial charge in [0, 0.05) is 19.4 Å². The van der Waals surface area contributed by atoms with Crippen LogP contribution in [0.15, 0.2) is 0 Å². The van der Waals surface area contributed by atoms with Gasteiger partial charge >= 0.3 is 0 Å². The van der Waals surface area contributed by atoms with E-state index in [9.17, 15) is 9.59 Å². The van der Waals surface area contributed by atoms with E-state index in [1.54, 1.807) is 0 Å². The summed E-state index contributed by atoms with van der Waals surface area (Å²) in [6, 6.07) is 0. The number of carbonyl (C=O) groups excluding carboxylic acids is 2. The highest BCUT2D eigenvalue weighted by atomic mass is 16.2. The van der Waals surface area contributed by atoms with Crippen molar-refractivity contribution in [3.05, 3.63) is 0 Å². The number of likely N-dealkylation sites (tertiary alicyclic amines) is 1. The number of nitrogens with zero attached hydrogens (tertiary/aromatic N) is 1. The molecule has 0 radical (unpaired) electrons. The van der Waals surface area contributed by atoms with Gasteiger partial charge in [0.2, 0.25) is 11.8 Å². The molecule has 1 saturated heterocycles. The lowest BCUT2D eigenvalue weighted by atomic mass is 9.92. The zero-order chi connectivity index (χ0) is 10.8. The van der Waals surface area contributed by atoms with Crippen LogP contribution in [0.1, 0.15) is 33.1 Å². The Labute approximate surface area is 84.4 Å². The van der Waals surface area contributed by atoms with E-state index in [-0.39, 0.29) is 17.2 Å². The number of hydrogen-bond acceptors (Lipinski definition) is 3. The van der Waals surface area contributed by atoms with Crippen LogP contribution in [0.3, 0.4) is 0 Å². The van der Waals surface area contributed by atoms with Crippen LogP contribution in [0.4, 0.5) is 0 Å². The molecule has 0 aromatic rings. The van der Waals surface area contributed by atoms with Gasteiger partial charge in [0.1, 0.15) is 0 Å². The topological polar surface area (TPSA) is 63.4 Å². The van der Waals surface area contributed by atoms with Gasteiger partial charge in [-0.2, -0.15) is 0 Å². The van der Waals surface area contributed by atoms with Gasteiger partial charge in [0.15, 0.2) is 0 Å². The van der Waals surface area contributed by atoms with Gasteiger partial charge in [-0.25, -0.2) is 0 Å². The van der Waals surface area contributed by atoms with Crippen LogP contribution in [-0.4, -0.2) is 29.8 Å². The standard InChI is InChI=1S/C10H18N2O2/c1-10(2,6-11)7-12-8(13)4-3-5-9(12)14/h3-7,11H2,1-2H3. The van der Waals surface area contributed by atoms with Crippen LogP contribution in [0.5, 0.6) is 0 Å². The maximum atomic E-state index is 11.5. The lowest BCUT2D eigenvalue weighted by Gasteiger charge is -2.32. The quantitative estimate of drug-likeness (QED) is 0.672. The molecule has 4 heteroatoms. The van der Waals surface area contributed by atoms with Gasteiger partial charge in [-0.3, -0.25) is 14.5 Å². The number of piperidine rings is 1. The molecule has 0 atom stereocenters. The molecule has 1 rings (SSSR count). The van der Waals surface area contributed by atoms with E-state index in [1.165, 1.54) is 4.90 Å². The predicted molar refractivity (Wildman–Crippen MR) is 53.4 cm³/mol. The number of carbonyl (C=O) groups is 2. The zero-order valence-electron chi connectivity index (χ0n) is 8.88. The van der Waals surface area contributed by atoms with Gasteiger partial charge in [0.05, 0.1) is 0 Å². The van der Waals surface area contributed by atoms with E-state index >= 15 is 0 Å². The molecular formula is C10H18N2O2. The molecule has 1 fully saturated rings. The van der Waals surface area contributed by atoms with Crippen molar-refractivity contribution in [2.24, 2.45) is 11.1 Å². The van der Waals surface area contributed by atoms with Crippen molar-refractivity contribution in [3.63, 3.8) is 0 Å². The number of imide groups is 1. The molecule has 0 aromatic carbocycles. The van der Waals surface area contributed by atoms with Gasteiger partial charge < -0.3 is 5.73 Å². The monoisotopic (exact) mass is 198 g/mol. The summed E-state index contributed by atoms with van der Waals surface area (Å²) >= 11 is 0. The van der Waals surface area contributed by atoms with Crippen LogP contribution in [0, 0.1) is 5.41 Å². The highest BCUT2D eigenvalue weighted by Crippen LogP contribution is 2.20. The third-order valence-electron chi connectivity index (χ3n) is 2.52. The minimum absolute atomic E-state index is 0.0530. The summed E-state index contributed by atoms with van der Waals surface area (Å²) in [5, 5.41) is 0. The molecule has 0 saturated carbocycles. The average Bonchev–Trinajstić information content (AvgIpc) is 2.12. The van der Waals surface area contributed by atoms with Crippen LogP contribution < -0.4 is 5.73 Å². The van der Waals surface area contributed by atoms with Crippen molar-refractivity contribution in [3.8, 4) is 0 Å². The van der Waals surface area contributed by atoms with E-state index in [1.807, 2.05) is 13.8 Å². The average molecular weight is 198 g/mol. The summed E-state index contributed by atoms with van der Waals surface area (Å²) < 4.78 is 0. The van der Waals surface area contributed by atoms with Crippen molar-refractivity contribution in [2.75, 3.05) is 13.1 Å². The first kappa shape index (κ1) is 11.2. The molecule has 0 spiro atoms. The fraction of sp³-hybridized carbons (Fsp3) is 0.800. The summed E-state index contributed by atoms with van der Waals surface area (Å²) in [7, 11) is 0. The lowest BCUT2D eigenvalue weighted by molar-refractivity contribution is -0.149. The first-order chi connectivity index (χ1) is 6.46.